The number of amides is 1. The summed E-state index contributed by atoms with van der Waals surface area (Å²) in [5.41, 5.74) is 0.861. The molecule has 0 radical (unpaired) electrons. The maximum Gasteiger partial charge on any atom is 0.251 e. The molecule has 1 fully saturated rings. The van der Waals surface area contributed by atoms with Crippen LogP contribution in [0.2, 0.25) is 0 Å². The van der Waals surface area contributed by atoms with Gasteiger partial charge >= 0.3 is 0 Å². The summed E-state index contributed by atoms with van der Waals surface area (Å²) in [7, 11) is 0. The highest BCUT2D eigenvalue weighted by molar-refractivity contribution is 6.11. The van der Waals surface area contributed by atoms with Gasteiger partial charge in [-0.15, -0.1) is 0 Å². The van der Waals surface area contributed by atoms with Crippen LogP contribution in [0.5, 0.6) is 0 Å². The van der Waals surface area contributed by atoms with Crippen LogP contribution < -0.4 is 0 Å². The Morgan fingerprint density at radius 2 is 1.89 bits per heavy atom. The zero-order valence-electron chi connectivity index (χ0n) is 10.1. The van der Waals surface area contributed by atoms with Gasteiger partial charge in [-0.05, 0) is 30.1 Å². The monoisotopic (exact) mass is 238 g/mol. The Labute approximate surface area is 106 Å². The molecule has 2 aliphatic rings. The number of nitriles is 1. The van der Waals surface area contributed by atoms with E-state index in [4.69, 9.17) is 0 Å². The van der Waals surface area contributed by atoms with E-state index < -0.39 is 5.41 Å². The molecule has 3 nitrogen and oxygen atoms in total. The number of carbonyl (C=O) groups is 1. The van der Waals surface area contributed by atoms with Crippen molar-refractivity contribution < 1.29 is 4.79 Å². The number of nitrogens with zero attached hydrogens (tertiary/aromatic N) is 2. The van der Waals surface area contributed by atoms with Crippen LogP contribution in [-0.2, 0) is 4.79 Å². The van der Waals surface area contributed by atoms with Crippen molar-refractivity contribution in [3.8, 4) is 6.07 Å². The number of hydrogen-bond donors (Lipinski definition) is 0. The molecule has 1 saturated heterocycles. The van der Waals surface area contributed by atoms with Gasteiger partial charge in [0, 0.05) is 13.1 Å². The van der Waals surface area contributed by atoms with Crippen LogP contribution in [0.4, 0.5) is 0 Å². The molecule has 1 atom stereocenters. The first-order valence-corrected chi connectivity index (χ1v) is 6.27. The van der Waals surface area contributed by atoms with E-state index in [2.05, 4.69) is 6.07 Å². The van der Waals surface area contributed by atoms with Gasteiger partial charge in [-0.2, -0.15) is 5.26 Å². The van der Waals surface area contributed by atoms with Crippen molar-refractivity contribution in [2.75, 3.05) is 13.1 Å². The van der Waals surface area contributed by atoms with Crippen molar-refractivity contribution in [1.29, 1.82) is 5.26 Å². The SMILES string of the molecule is N#C[C@@]1(C(=O)N2CCCC2)C=C1c1ccccc1. The zero-order valence-corrected chi connectivity index (χ0v) is 10.1. The maximum atomic E-state index is 12.4. The minimum Gasteiger partial charge on any atom is -0.341 e. The lowest BCUT2D eigenvalue weighted by molar-refractivity contribution is -0.132. The average molecular weight is 238 g/mol. The van der Waals surface area contributed by atoms with Crippen LogP contribution in [0.25, 0.3) is 5.57 Å². The van der Waals surface area contributed by atoms with Crippen molar-refractivity contribution in [3.05, 3.63) is 42.0 Å². The van der Waals surface area contributed by atoms with Gasteiger partial charge in [0.15, 0.2) is 5.41 Å². The van der Waals surface area contributed by atoms with Crippen LogP contribution >= 0.6 is 0 Å². The van der Waals surface area contributed by atoms with Gasteiger partial charge in [-0.3, -0.25) is 4.79 Å². The molecule has 0 aromatic heterocycles. The largest absolute Gasteiger partial charge is 0.341 e. The third kappa shape index (κ3) is 1.53. The van der Waals surface area contributed by atoms with Gasteiger partial charge in [0.05, 0.1) is 6.07 Å². The van der Waals surface area contributed by atoms with Crippen molar-refractivity contribution in [1.82, 2.24) is 4.90 Å². The zero-order chi connectivity index (χ0) is 12.6. The second-order valence-corrected chi connectivity index (χ2v) is 4.84. The molecule has 0 spiro atoms. The predicted molar refractivity (Wildman–Crippen MR) is 68.3 cm³/mol. The Hall–Kier alpha value is -2.08. The molecule has 1 amide bonds. The van der Waals surface area contributed by atoms with Crippen molar-refractivity contribution >= 4 is 11.5 Å². The molecule has 90 valence electrons. The molecular formula is C15H14N2O. The fraction of sp³-hybridized carbons (Fsp3) is 0.333. The molecule has 3 rings (SSSR count). The lowest BCUT2D eigenvalue weighted by Gasteiger charge is -2.19. The van der Waals surface area contributed by atoms with Crippen LogP contribution in [-0.4, -0.2) is 23.9 Å². The van der Waals surface area contributed by atoms with Gasteiger partial charge in [0.1, 0.15) is 0 Å². The van der Waals surface area contributed by atoms with Crippen molar-refractivity contribution in [2.24, 2.45) is 5.41 Å². The molecule has 0 unspecified atom stereocenters. The number of carbonyl (C=O) groups excluding carboxylic acids is 1. The summed E-state index contributed by atoms with van der Waals surface area (Å²) in [6, 6.07) is 11.9. The lowest BCUT2D eigenvalue weighted by atomic mass is 9.96. The number of likely N-dealkylation sites (tertiary alicyclic amines) is 1. The molecule has 0 saturated carbocycles. The third-order valence-electron chi connectivity index (χ3n) is 3.69. The van der Waals surface area contributed by atoms with E-state index in [0.717, 1.165) is 37.1 Å². The standard InChI is InChI=1S/C15H14N2O/c16-11-15(14(18)17-8-4-5-9-17)10-13(15)12-6-2-1-3-7-12/h1-3,6-7,10H,4-5,8-9H2/t15-/m0/s1. The normalized spacial score (nSPS) is 25.5. The summed E-state index contributed by atoms with van der Waals surface area (Å²) in [4.78, 5) is 14.2. The summed E-state index contributed by atoms with van der Waals surface area (Å²) >= 11 is 0. The topological polar surface area (TPSA) is 44.1 Å². The van der Waals surface area contributed by atoms with Gasteiger partial charge < -0.3 is 4.90 Å². The highest BCUT2D eigenvalue weighted by Gasteiger charge is 2.54. The van der Waals surface area contributed by atoms with Crippen LogP contribution in [0.1, 0.15) is 18.4 Å². The second kappa shape index (κ2) is 3.99. The van der Waals surface area contributed by atoms with E-state index >= 15 is 0 Å². The highest BCUT2D eigenvalue weighted by Crippen LogP contribution is 2.51. The van der Waals surface area contributed by atoms with E-state index in [1.165, 1.54) is 0 Å². The third-order valence-corrected chi connectivity index (χ3v) is 3.69. The van der Waals surface area contributed by atoms with Gasteiger partial charge in [-0.25, -0.2) is 0 Å². The summed E-state index contributed by atoms with van der Waals surface area (Å²) in [6.45, 7) is 1.58. The van der Waals surface area contributed by atoms with Crippen LogP contribution in [0.15, 0.2) is 36.4 Å². The molecule has 1 aromatic carbocycles. The lowest BCUT2D eigenvalue weighted by Crippen LogP contribution is -2.35. The first kappa shape index (κ1) is 11.0. The van der Waals surface area contributed by atoms with Crippen molar-refractivity contribution in [2.45, 2.75) is 12.8 Å². The molecule has 0 bridgehead atoms. The first-order valence-electron chi connectivity index (χ1n) is 6.27. The quantitative estimate of drug-likeness (QED) is 0.793. The van der Waals surface area contributed by atoms with Crippen LogP contribution in [0, 0.1) is 16.7 Å². The van der Waals surface area contributed by atoms with Gasteiger partial charge in [0.2, 0.25) is 0 Å². The smallest absolute Gasteiger partial charge is 0.251 e. The fourth-order valence-corrected chi connectivity index (χ4v) is 2.60. The summed E-state index contributed by atoms with van der Waals surface area (Å²) in [6.07, 6.45) is 3.89. The van der Waals surface area contributed by atoms with E-state index in [0.29, 0.717) is 0 Å². The van der Waals surface area contributed by atoms with E-state index in [9.17, 15) is 10.1 Å². The summed E-state index contributed by atoms with van der Waals surface area (Å²) < 4.78 is 0. The Kier molecular flexibility index (Phi) is 2.45. The minimum atomic E-state index is -0.980. The number of hydrogen-bond acceptors (Lipinski definition) is 2. The first-order chi connectivity index (χ1) is 8.78. The molecule has 18 heavy (non-hydrogen) atoms. The Balaban J connectivity index is 1.84. The van der Waals surface area contributed by atoms with Crippen molar-refractivity contribution in [3.63, 3.8) is 0 Å². The molecular weight excluding hydrogens is 224 g/mol. The van der Waals surface area contributed by atoms with Crippen LogP contribution in [0.3, 0.4) is 0 Å². The minimum absolute atomic E-state index is 0.0404. The molecule has 1 aromatic rings. The maximum absolute atomic E-state index is 12.4. The number of rotatable bonds is 2. The summed E-state index contributed by atoms with van der Waals surface area (Å²) in [5, 5.41) is 9.37. The van der Waals surface area contributed by atoms with Gasteiger partial charge in [0.25, 0.3) is 5.91 Å². The number of benzene rings is 1. The van der Waals surface area contributed by atoms with E-state index in [1.54, 1.807) is 6.08 Å². The molecule has 1 aliphatic heterocycles. The summed E-state index contributed by atoms with van der Waals surface area (Å²) in [5.74, 6) is -0.0404. The van der Waals surface area contributed by atoms with E-state index in [-0.39, 0.29) is 5.91 Å². The average Bonchev–Trinajstić information content (AvgIpc) is 2.93. The molecule has 0 N–H and O–H groups in total. The Bertz CT molecular complexity index is 550. The second-order valence-electron chi connectivity index (χ2n) is 4.84. The molecule has 1 aliphatic carbocycles. The van der Waals surface area contributed by atoms with Gasteiger partial charge in [-0.1, -0.05) is 30.3 Å². The Morgan fingerprint density at radius 3 is 2.50 bits per heavy atom. The highest BCUT2D eigenvalue weighted by atomic mass is 16.2. The molecule has 3 heteroatoms. The molecule has 1 heterocycles. The predicted octanol–water partition coefficient (Wildman–Crippen LogP) is 2.22. The van der Waals surface area contributed by atoms with E-state index in [1.807, 2.05) is 35.2 Å². The fourth-order valence-electron chi connectivity index (χ4n) is 2.60. The Morgan fingerprint density at radius 1 is 1.22 bits per heavy atom.